The molecule has 4 atom stereocenters. The van der Waals surface area contributed by atoms with Crippen molar-refractivity contribution < 1.29 is 18.8 Å². The second-order valence-electron chi connectivity index (χ2n) is 5.99. The highest BCUT2D eigenvalue weighted by molar-refractivity contribution is 9.00. The van der Waals surface area contributed by atoms with Crippen LogP contribution in [0.1, 0.15) is 13.2 Å². The van der Waals surface area contributed by atoms with Crippen LogP contribution >= 0.6 is 27.4 Å². The summed E-state index contributed by atoms with van der Waals surface area (Å²) in [7, 11) is 0. The quantitative estimate of drug-likeness (QED) is 0.697. The van der Waals surface area contributed by atoms with Crippen LogP contribution in [0.3, 0.4) is 0 Å². The van der Waals surface area contributed by atoms with Gasteiger partial charge in [0, 0.05) is 17.4 Å². The summed E-state index contributed by atoms with van der Waals surface area (Å²) in [5.41, 5.74) is -0.511. The van der Waals surface area contributed by atoms with Crippen LogP contribution in [-0.4, -0.2) is 55.0 Å². The van der Waals surface area contributed by atoms with E-state index in [1.807, 2.05) is 0 Å². The Morgan fingerprint density at radius 1 is 1.58 bits per heavy atom. The number of nitrogens with one attached hydrogen (secondary N) is 1. The van der Waals surface area contributed by atoms with Crippen molar-refractivity contribution in [1.29, 1.82) is 0 Å². The number of alkyl halides is 1. The monoisotopic (exact) mass is 438 g/mol. The van der Waals surface area contributed by atoms with Crippen LogP contribution in [0.25, 0.3) is 11.2 Å². The maximum absolute atomic E-state index is 14.9. The lowest BCUT2D eigenvalue weighted by Crippen LogP contribution is -2.22. The fraction of sp³-hybridized carbons (Fsp3) is 0.615. The summed E-state index contributed by atoms with van der Waals surface area (Å²) in [5, 5.41) is 9.53. The minimum atomic E-state index is -1.95. The predicted molar refractivity (Wildman–Crippen MR) is 103 cm³/mol. The summed E-state index contributed by atoms with van der Waals surface area (Å²) in [6.07, 6.45) is -1.51. The van der Waals surface area contributed by atoms with Crippen molar-refractivity contribution in [3.05, 3.63) is 16.7 Å². The SMILES string of the molecule is C[C@H]1[C@@H](F)[C@H](n2cnc3c(=O)[nH]c(O)nc32)O[C@@H]1COP1(=S)SCCS1. The number of halogens is 1. The summed E-state index contributed by atoms with van der Waals surface area (Å²) in [5.74, 6) is 1.52. The lowest BCUT2D eigenvalue weighted by Gasteiger charge is -2.19. The first kappa shape index (κ1) is 18.7. The molecule has 0 bridgehead atoms. The van der Waals surface area contributed by atoms with Crippen LogP contribution in [0.4, 0.5) is 4.39 Å². The lowest BCUT2D eigenvalue weighted by molar-refractivity contribution is -0.0318. The standard InChI is InChI=1S/C13H16FN4O4PS3/c1-6-7(4-21-23(24)25-2-3-26-23)22-12(8(6)14)18-5-15-9-10(18)16-13(20)17-11(9)19/h5-8,12H,2-4H2,1H3,(H2,16,17,19,20)/t6-,7-,8-,12-/m1/s1. The molecule has 13 heteroatoms. The Hall–Kier alpha value is -0.650. The molecule has 4 heterocycles. The number of nitrogens with zero attached hydrogens (tertiary/aromatic N) is 3. The molecule has 0 aromatic carbocycles. The van der Waals surface area contributed by atoms with Gasteiger partial charge in [-0.1, -0.05) is 29.7 Å². The van der Waals surface area contributed by atoms with Gasteiger partial charge in [0.2, 0.25) is 0 Å². The largest absolute Gasteiger partial charge is 0.480 e. The van der Waals surface area contributed by atoms with Gasteiger partial charge in [-0.05, 0) is 11.8 Å². The third-order valence-electron chi connectivity index (χ3n) is 4.35. The molecule has 2 N–H and O–H groups in total. The van der Waals surface area contributed by atoms with Crippen LogP contribution in [0.5, 0.6) is 6.01 Å². The molecule has 0 spiro atoms. The van der Waals surface area contributed by atoms with Crippen molar-refractivity contribution in [2.45, 2.75) is 25.4 Å². The van der Waals surface area contributed by atoms with Crippen molar-refractivity contribution in [3.63, 3.8) is 0 Å². The van der Waals surface area contributed by atoms with Gasteiger partial charge in [-0.2, -0.15) is 4.98 Å². The van der Waals surface area contributed by atoms with Crippen molar-refractivity contribution in [2.75, 3.05) is 18.1 Å². The molecule has 2 fully saturated rings. The fourth-order valence-corrected chi connectivity index (χ4v) is 11.8. The molecular weight excluding hydrogens is 422 g/mol. The first-order valence-electron chi connectivity index (χ1n) is 7.87. The number of ether oxygens (including phenoxy) is 1. The van der Waals surface area contributed by atoms with E-state index >= 15 is 0 Å². The van der Waals surface area contributed by atoms with Crippen LogP contribution in [0, 0.1) is 5.92 Å². The van der Waals surface area contributed by atoms with Gasteiger partial charge in [0.25, 0.3) is 11.6 Å². The Balaban J connectivity index is 1.56. The van der Waals surface area contributed by atoms with E-state index in [0.717, 1.165) is 11.5 Å². The van der Waals surface area contributed by atoms with Crippen LogP contribution in [0.2, 0.25) is 0 Å². The van der Waals surface area contributed by atoms with Crippen molar-refractivity contribution in [3.8, 4) is 6.01 Å². The van der Waals surface area contributed by atoms with Crippen LogP contribution in [0.15, 0.2) is 11.1 Å². The number of aromatic hydroxyl groups is 1. The normalized spacial score (nSPS) is 31.0. The molecule has 2 saturated heterocycles. The van der Waals surface area contributed by atoms with Gasteiger partial charge in [0.1, 0.15) is 0 Å². The van der Waals surface area contributed by atoms with Crippen molar-refractivity contribution in [2.24, 2.45) is 5.92 Å². The van der Waals surface area contributed by atoms with Crippen molar-refractivity contribution >= 4 is 50.4 Å². The molecule has 8 nitrogen and oxygen atoms in total. The third-order valence-corrected chi connectivity index (χ3v) is 14.2. The number of imidazole rings is 1. The Kier molecular flexibility index (Phi) is 5.08. The zero-order valence-electron chi connectivity index (χ0n) is 13.6. The summed E-state index contributed by atoms with van der Waals surface area (Å²) in [6, 6.07) is -0.557. The minimum Gasteiger partial charge on any atom is -0.480 e. The smallest absolute Gasteiger partial charge is 0.296 e. The average Bonchev–Trinajstić information content (AvgIpc) is 3.27. The van der Waals surface area contributed by atoms with Gasteiger partial charge in [0.15, 0.2) is 28.2 Å². The fourth-order valence-electron chi connectivity index (χ4n) is 2.93. The van der Waals surface area contributed by atoms with Crippen molar-refractivity contribution in [1.82, 2.24) is 19.5 Å². The molecule has 2 aromatic rings. The zero-order valence-corrected chi connectivity index (χ0v) is 16.9. The lowest BCUT2D eigenvalue weighted by atomic mass is 10.0. The number of rotatable bonds is 4. The topological polar surface area (TPSA) is 102 Å². The Morgan fingerprint density at radius 2 is 2.31 bits per heavy atom. The number of hydrogen-bond donors (Lipinski definition) is 2. The molecule has 26 heavy (non-hydrogen) atoms. The molecule has 0 amide bonds. The Labute approximate surface area is 160 Å². The number of aromatic amines is 1. The number of fused-ring (bicyclic) bond motifs is 1. The van der Waals surface area contributed by atoms with Gasteiger partial charge in [-0.3, -0.25) is 14.3 Å². The van der Waals surface area contributed by atoms with Gasteiger partial charge in [-0.15, -0.1) is 0 Å². The molecule has 2 aliphatic rings. The van der Waals surface area contributed by atoms with Crippen LogP contribution in [-0.2, 0) is 21.1 Å². The molecule has 2 aliphatic heterocycles. The highest BCUT2D eigenvalue weighted by Crippen LogP contribution is 2.74. The molecule has 0 aliphatic carbocycles. The van der Waals surface area contributed by atoms with Gasteiger partial charge in [0.05, 0.1) is 19.0 Å². The van der Waals surface area contributed by atoms with E-state index in [4.69, 9.17) is 21.1 Å². The molecule has 4 rings (SSSR count). The van der Waals surface area contributed by atoms with Crippen LogP contribution < -0.4 is 5.56 Å². The van der Waals surface area contributed by atoms with E-state index < -0.39 is 40.7 Å². The third kappa shape index (κ3) is 3.31. The van der Waals surface area contributed by atoms with Gasteiger partial charge < -0.3 is 14.4 Å². The molecule has 0 saturated carbocycles. The summed E-state index contributed by atoms with van der Waals surface area (Å²) >= 11 is 8.86. The highest BCUT2D eigenvalue weighted by Gasteiger charge is 2.45. The first-order chi connectivity index (χ1) is 12.4. The molecule has 0 radical (unpaired) electrons. The Morgan fingerprint density at radius 3 is 3.04 bits per heavy atom. The molecule has 0 unspecified atom stereocenters. The number of H-pyrrole nitrogens is 1. The molecular formula is C13H16FN4O4PS3. The maximum Gasteiger partial charge on any atom is 0.296 e. The summed E-state index contributed by atoms with van der Waals surface area (Å²) in [4.78, 5) is 21.8. The van der Waals surface area contributed by atoms with Gasteiger partial charge in [-0.25, -0.2) is 9.37 Å². The zero-order chi connectivity index (χ0) is 18.5. The number of hydrogen-bond acceptors (Lipinski definition) is 9. The Bertz CT molecular complexity index is 930. The first-order valence-corrected chi connectivity index (χ1v) is 13.8. The van der Waals surface area contributed by atoms with E-state index in [2.05, 4.69) is 15.0 Å². The van der Waals surface area contributed by atoms with Gasteiger partial charge >= 0.3 is 0 Å². The van der Waals surface area contributed by atoms with E-state index in [-0.39, 0.29) is 17.8 Å². The molecule has 142 valence electrons. The summed E-state index contributed by atoms with van der Waals surface area (Å²) < 4.78 is 26.1. The van der Waals surface area contributed by atoms with E-state index in [1.165, 1.54) is 10.9 Å². The highest BCUT2D eigenvalue weighted by atomic mass is 33.2. The minimum absolute atomic E-state index is 0.0140. The number of aromatic nitrogens is 4. The average molecular weight is 438 g/mol. The molecule has 2 aromatic heterocycles. The maximum atomic E-state index is 14.9. The second kappa shape index (κ2) is 7.06. The van der Waals surface area contributed by atoms with E-state index in [9.17, 15) is 14.3 Å². The van der Waals surface area contributed by atoms with E-state index in [1.54, 1.807) is 29.7 Å². The summed E-state index contributed by atoms with van der Waals surface area (Å²) in [6.45, 7) is 1.97. The predicted octanol–water partition coefficient (Wildman–Crippen LogP) is 2.42. The second-order valence-corrected chi connectivity index (χ2v) is 16.7. The van der Waals surface area contributed by atoms with E-state index in [0.29, 0.717) is 0 Å².